The molecule has 0 spiro atoms. The zero-order chi connectivity index (χ0) is 23.1. The monoisotopic (exact) mass is 476 g/mol. The molecule has 32 heavy (non-hydrogen) atoms. The first-order chi connectivity index (χ1) is 15.4. The van der Waals surface area contributed by atoms with Crippen molar-refractivity contribution in [1.82, 2.24) is 10.1 Å². The van der Waals surface area contributed by atoms with Gasteiger partial charge in [-0.15, -0.1) is 11.8 Å². The number of aromatic nitrogens is 1. The van der Waals surface area contributed by atoms with Gasteiger partial charge in [-0.1, -0.05) is 29.1 Å². The summed E-state index contributed by atoms with van der Waals surface area (Å²) in [5, 5.41) is 4.51. The predicted octanol–water partition coefficient (Wildman–Crippen LogP) is 3.72. The number of carbonyl (C=O) groups excluding carboxylic acids is 3. The van der Waals surface area contributed by atoms with Gasteiger partial charge in [0, 0.05) is 22.8 Å². The molecule has 0 aliphatic carbocycles. The van der Waals surface area contributed by atoms with Crippen LogP contribution in [0, 0.1) is 13.8 Å². The van der Waals surface area contributed by atoms with E-state index in [0.717, 1.165) is 21.9 Å². The number of ether oxygens (including phenoxy) is 2. The van der Waals surface area contributed by atoms with E-state index in [0.29, 0.717) is 29.3 Å². The highest BCUT2D eigenvalue weighted by Gasteiger charge is 2.27. The van der Waals surface area contributed by atoms with Crippen molar-refractivity contribution in [2.45, 2.75) is 30.9 Å². The fraction of sp³-hybridized carbons (Fsp3) is 0.364. The van der Waals surface area contributed by atoms with Gasteiger partial charge in [-0.3, -0.25) is 4.79 Å². The van der Waals surface area contributed by atoms with E-state index in [2.05, 4.69) is 9.89 Å². The van der Waals surface area contributed by atoms with E-state index in [4.69, 9.17) is 9.26 Å². The maximum Gasteiger partial charge on any atom is 0.339 e. The summed E-state index contributed by atoms with van der Waals surface area (Å²) in [5.74, 6) is 0.667. The molecule has 1 amide bonds. The van der Waals surface area contributed by atoms with Crippen molar-refractivity contribution in [2.75, 3.05) is 26.0 Å². The topological polar surface area (TPSA) is 98.9 Å². The van der Waals surface area contributed by atoms with Gasteiger partial charge >= 0.3 is 11.9 Å². The first kappa shape index (κ1) is 23.9. The van der Waals surface area contributed by atoms with Crippen LogP contribution in [0.2, 0.25) is 0 Å². The van der Waals surface area contributed by atoms with Gasteiger partial charge in [-0.05, 0) is 32.4 Å². The number of methoxy groups -OCH3 is 1. The predicted molar refractivity (Wildman–Crippen MR) is 121 cm³/mol. The molecule has 0 radical (unpaired) electrons. The Morgan fingerprint density at radius 3 is 2.81 bits per heavy atom. The number of hydrogen-bond donors (Lipinski definition) is 0. The highest BCUT2D eigenvalue weighted by molar-refractivity contribution is 8.04. The van der Waals surface area contributed by atoms with Crippen LogP contribution in [0.1, 0.15) is 33.8 Å². The standard InChI is InChI=1S/C22H24N2O6S2/c1-14-17(15(2)30-23-14)12-31-18-8-5-4-7-16(18)22(27)29-10-6-9-24-19(25)13-32-20(24)11-21(26)28-3/h4-5,7-8,11H,6,9-10,12-13H2,1-3H3/b20-11+. The van der Waals surface area contributed by atoms with Gasteiger partial charge in [-0.2, -0.15) is 0 Å². The second-order valence-corrected chi connectivity index (χ2v) is 8.93. The van der Waals surface area contributed by atoms with Crippen molar-refractivity contribution in [2.24, 2.45) is 0 Å². The number of benzene rings is 1. The Kier molecular flexibility index (Phi) is 8.40. The van der Waals surface area contributed by atoms with Crippen LogP contribution in [0.25, 0.3) is 0 Å². The zero-order valence-corrected chi connectivity index (χ0v) is 19.7. The Labute approximate surface area is 194 Å². The van der Waals surface area contributed by atoms with Crippen LogP contribution in [0.3, 0.4) is 0 Å². The normalized spacial score (nSPS) is 14.8. The number of thioether (sulfide) groups is 2. The Balaban J connectivity index is 1.54. The van der Waals surface area contributed by atoms with Crippen LogP contribution < -0.4 is 0 Å². The molecule has 0 N–H and O–H groups in total. The summed E-state index contributed by atoms with van der Waals surface area (Å²) in [4.78, 5) is 38.5. The van der Waals surface area contributed by atoms with Gasteiger partial charge in [0.05, 0.1) is 41.8 Å². The number of carbonyl (C=O) groups is 3. The summed E-state index contributed by atoms with van der Waals surface area (Å²) in [5.41, 5.74) is 2.34. The SMILES string of the molecule is COC(=O)/C=C1/SCC(=O)N1CCCOC(=O)c1ccccc1SCc1c(C)noc1C. The van der Waals surface area contributed by atoms with Crippen LogP contribution >= 0.6 is 23.5 Å². The fourth-order valence-corrected chi connectivity index (χ4v) is 5.16. The summed E-state index contributed by atoms with van der Waals surface area (Å²) in [7, 11) is 1.29. The summed E-state index contributed by atoms with van der Waals surface area (Å²) in [6.07, 6.45) is 1.75. The number of esters is 2. The average molecular weight is 477 g/mol. The van der Waals surface area contributed by atoms with Gasteiger partial charge in [0.25, 0.3) is 0 Å². The zero-order valence-electron chi connectivity index (χ0n) is 18.1. The Bertz CT molecular complexity index is 1010. The molecule has 0 unspecified atom stereocenters. The van der Waals surface area contributed by atoms with Crippen LogP contribution in [-0.2, 0) is 24.8 Å². The number of hydrogen-bond acceptors (Lipinski definition) is 9. The molecule has 3 rings (SSSR count). The smallest absolute Gasteiger partial charge is 0.339 e. The van der Waals surface area contributed by atoms with E-state index in [1.54, 1.807) is 12.1 Å². The number of nitrogens with zero attached hydrogens (tertiary/aromatic N) is 2. The van der Waals surface area contributed by atoms with Crippen molar-refractivity contribution in [1.29, 1.82) is 0 Å². The minimum Gasteiger partial charge on any atom is -0.466 e. The molecule has 2 heterocycles. The maximum absolute atomic E-state index is 12.6. The lowest BCUT2D eigenvalue weighted by Crippen LogP contribution is -2.27. The Morgan fingerprint density at radius 2 is 2.09 bits per heavy atom. The van der Waals surface area contributed by atoms with Gasteiger partial charge in [0.1, 0.15) is 5.76 Å². The number of amides is 1. The van der Waals surface area contributed by atoms with E-state index >= 15 is 0 Å². The van der Waals surface area contributed by atoms with Crippen LogP contribution in [0.15, 0.2) is 44.8 Å². The molecule has 2 aromatic rings. The van der Waals surface area contributed by atoms with Gasteiger partial charge in [0.2, 0.25) is 5.91 Å². The lowest BCUT2D eigenvalue weighted by atomic mass is 10.2. The average Bonchev–Trinajstić information content (AvgIpc) is 3.30. The van der Waals surface area contributed by atoms with E-state index in [1.807, 2.05) is 26.0 Å². The summed E-state index contributed by atoms with van der Waals surface area (Å²) in [6.45, 7) is 4.26. The van der Waals surface area contributed by atoms with Gasteiger partial charge in [0.15, 0.2) is 0 Å². The third-order valence-corrected chi connectivity index (χ3v) is 6.90. The first-order valence-corrected chi connectivity index (χ1v) is 11.9. The molecule has 1 aliphatic heterocycles. The van der Waals surface area contributed by atoms with Crippen molar-refractivity contribution in [3.63, 3.8) is 0 Å². The van der Waals surface area contributed by atoms with E-state index < -0.39 is 11.9 Å². The molecule has 1 saturated heterocycles. The highest BCUT2D eigenvalue weighted by atomic mass is 32.2. The Hall–Kier alpha value is -2.72. The third-order valence-electron chi connectivity index (χ3n) is 4.77. The second kappa shape index (κ2) is 11.2. The van der Waals surface area contributed by atoms with E-state index in [1.165, 1.54) is 41.6 Å². The van der Waals surface area contributed by atoms with Crippen molar-refractivity contribution in [3.05, 3.63) is 58.0 Å². The molecule has 0 atom stereocenters. The van der Waals surface area contributed by atoms with Gasteiger partial charge < -0.3 is 18.9 Å². The highest BCUT2D eigenvalue weighted by Crippen LogP contribution is 2.30. The molecular formula is C22H24N2O6S2. The second-order valence-electron chi connectivity index (χ2n) is 6.92. The molecule has 1 aliphatic rings. The molecular weight excluding hydrogens is 452 g/mol. The van der Waals surface area contributed by atoms with Crippen molar-refractivity contribution < 1.29 is 28.4 Å². The molecule has 0 bridgehead atoms. The van der Waals surface area contributed by atoms with Crippen LogP contribution in [-0.4, -0.2) is 53.9 Å². The number of rotatable bonds is 9. The number of aryl methyl sites for hydroxylation is 2. The lowest BCUT2D eigenvalue weighted by Gasteiger charge is -2.17. The molecule has 8 nitrogen and oxygen atoms in total. The molecule has 1 aromatic heterocycles. The van der Waals surface area contributed by atoms with Gasteiger partial charge in [-0.25, -0.2) is 9.59 Å². The fourth-order valence-electron chi connectivity index (χ4n) is 3.01. The third kappa shape index (κ3) is 5.95. The van der Waals surface area contributed by atoms with Crippen LogP contribution in [0.4, 0.5) is 0 Å². The minimum absolute atomic E-state index is 0.0856. The summed E-state index contributed by atoms with van der Waals surface area (Å²) >= 11 is 2.81. The van der Waals surface area contributed by atoms with E-state index in [9.17, 15) is 14.4 Å². The van der Waals surface area contributed by atoms with Crippen LogP contribution in [0.5, 0.6) is 0 Å². The molecule has 0 saturated carbocycles. The molecule has 170 valence electrons. The van der Waals surface area contributed by atoms with Crippen molar-refractivity contribution >= 4 is 41.4 Å². The largest absolute Gasteiger partial charge is 0.466 e. The lowest BCUT2D eigenvalue weighted by molar-refractivity contribution is -0.134. The molecule has 1 aromatic carbocycles. The van der Waals surface area contributed by atoms with E-state index in [-0.39, 0.29) is 18.3 Å². The quantitative estimate of drug-likeness (QED) is 0.232. The molecule has 10 heteroatoms. The minimum atomic E-state index is -0.510. The maximum atomic E-state index is 12.6. The first-order valence-electron chi connectivity index (χ1n) is 9.94. The molecule has 1 fully saturated rings. The summed E-state index contributed by atoms with van der Waals surface area (Å²) < 4.78 is 15.3. The Morgan fingerprint density at radius 1 is 1.31 bits per heavy atom. The van der Waals surface area contributed by atoms with Crippen molar-refractivity contribution in [3.8, 4) is 0 Å². The summed E-state index contributed by atoms with van der Waals surface area (Å²) in [6, 6.07) is 7.28.